The first-order chi connectivity index (χ1) is 8.59. The summed E-state index contributed by atoms with van der Waals surface area (Å²) in [4.78, 5) is 23.2. The Bertz CT molecular complexity index is 638. The van der Waals surface area contributed by atoms with Crippen molar-refractivity contribution in [3.05, 3.63) is 56.8 Å². The van der Waals surface area contributed by atoms with Gasteiger partial charge in [0.15, 0.2) is 0 Å². The number of aromatic nitrogens is 2. The normalized spacial score (nSPS) is 10.8. The number of nitrogens with zero attached hydrogens (tertiary/aromatic N) is 2. The smallest absolute Gasteiger partial charge is 0.330 e. The topological polar surface area (TPSA) is 69.2 Å². The van der Waals surface area contributed by atoms with Crippen LogP contribution in [0.1, 0.15) is 11.5 Å². The van der Waals surface area contributed by atoms with E-state index < -0.39 is 0 Å². The second kappa shape index (κ2) is 5.05. The Kier molecular flexibility index (Phi) is 3.47. The molecule has 0 aliphatic heterocycles. The molecule has 2 rings (SSSR count). The quantitative estimate of drug-likeness (QED) is 0.826. The van der Waals surface area contributed by atoms with Crippen LogP contribution in [0.3, 0.4) is 0 Å². The summed E-state index contributed by atoms with van der Waals surface area (Å²) in [6.07, 6.45) is 1.60. The van der Waals surface area contributed by atoms with Gasteiger partial charge in [0, 0.05) is 32.4 Å². The zero-order chi connectivity index (χ0) is 13.1. The fraction of sp³-hybridized carbons (Fsp3) is 0.333. The van der Waals surface area contributed by atoms with Gasteiger partial charge in [-0.05, 0) is 12.1 Å². The minimum absolute atomic E-state index is 0.298. The molecule has 0 unspecified atom stereocenters. The van der Waals surface area contributed by atoms with Gasteiger partial charge in [0.25, 0.3) is 5.56 Å². The van der Waals surface area contributed by atoms with E-state index in [1.807, 2.05) is 12.1 Å². The predicted octanol–water partition coefficient (Wildman–Crippen LogP) is -0.0332. The second-order valence-corrected chi connectivity index (χ2v) is 4.06. The molecule has 2 aromatic heterocycles. The van der Waals surface area contributed by atoms with E-state index in [1.165, 1.54) is 17.7 Å². The van der Waals surface area contributed by atoms with Gasteiger partial charge < -0.3 is 9.73 Å². The van der Waals surface area contributed by atoms with Crippen molar-refractivity contribution in [1.29, 1.82) is 0 Å². The fourth-order valence-corrected chi connectivity index (χ4v) is 1.67. The third kappa shape index (κ3) is 2.43. The summed E-state index contributed by atoms with van der Waals surface area (Å²) in [6.45, 7) is 0.985. The zero-order valence-electron chi connectivity index (χ0n) is 10.3. The van der Waals surface area contributed by atoms with Crippen molar-refractivity contribution in [1.82, 2.24) is 14.5 Å². The molecule has 0 spiro atoms. The SMILES string of the molecule is Cn1c(CNCc2ccco2)cc(=O)n(C)c1=O. The lowest BCUT2D eigenvalue weighted by molar-refractivity contribution is 0.478. The molecular weight excluding hydrogens is 234 g/mol. The van der Waals surface area contributed by atoms with E-state index in [-0.39, 0.29) is 11.2 Å². The average molecular weight is 249 g/mol. The monoisotopic (exact) mass is 249 g/mol. The van der Waals surface area contributed by atoms with E-state index >= 15 is 0 Å². The first kappa shape index (κ1) is 12.4. The van der Waals surface area contributed by atoms with Crippen molar-refractivity contribution in [3.8, 4) is 0 Å². The molecule has 18 heavy (non-hydrogen) atoms. The van der Waals surface area contributed by atoms with Crippen molar-refractivity contribution in [2.45, 2.75) is 13.1 Å². The zero-order valence-corrected chi connectivity index (χ0v) is 10.3. The van der Waals surface area contributed by atoms with Crippen molar-refractivity contribution >= 4 is 0 Å². The molecule has 0 aliphatic carbocycles. The summed E-state index contributed by atoms with van der Waals surface area (Å²) in [6, 6.07) is 5.12. The first-order valence-corrected chi connectivity index (χ1v) is 5.58. The number of nitrogens with one attached hydrogen (secondary N) is 1. The molecule has 0 saturated carbocycles. The Morgan fingerprint density at radius 3 is 2.67 bits per heavy atom. The van der Waals surface area contributed by atoms with Crippen LogP contribution < -0.4 is 16.6 Å². The van der Waals surface area contributed by atoms with Gasteiger partial charge >= 0.3 is 5.69 Å². The molecule has 0 atom stereocenters. The maximum absolute atomic E-state index is 11.7. The number of hydrogen-bond acceptors (Lipinski definition) is 4. The van der Waals surface area contributed by atoms with Crippen molar-refractivity contribution < 1.29 is 4.42 Å². The second-order valence-electron chi connectivity index (χ2n) is 4.06. The molecule has 0 bridgehead atoms. The van der Waals surface area contributed by atoms with Crippen LogP contribution in [0.4, 0.5) is 0 Å². The van der Waals surface area contributed by atoms with Crippen LogP contribution in [0, 0.1) is 0 Å². The molecular formula is C12H15N3O3. The molecule has 2 aromatic rings. The first-order valence-electron chi connectivity index (χ1n) is 5.58. The van der Waals surface area contributed by atoms with Gasteiger partial charge in [0.2, 0.25) is 0 Å². The molecule has 6 heteroatoms. The van der Waals surface area contributed by atoms with Crippen LogP contribution in [-0.2, 0) is 27.2 Å². The summed E-state index contributed by atoms with van der Waals surface area (Å²) in [5, 5.41) is 3.12. The van der Waals surface area contributed by atoms with Gasteiger partial charge in [-0.15, -0.1) is 0 Å². The molecule has 1 N–H and O–H groups in total. The van der Waals surface area contributed by atoms with E-state index in [0.29, 0.717) is 18.8 Å². The summed E-state index contributed by atoms with van der Waals surface area (Å²) >= 11 is 0. The highest BCUT2D eigenvalue weighted by atomic mass is 16.3. The largest absolute Gasteiger partial charge is 0.468 e. The Balaban J connectivity index is 2.10. The van der Waals surface area contributed by atoms with E-state index in [1.54, 1.807) is 13.3 Å². The summed E-state index contributed by atoms with van der Waals surface area (Å²) < 4.78 is 7.71. The van der Waals surface area contributed by atoms with Crippen molar-refractivity contribution in [2.24, 2.45) is 14.1 Å². The van der Waals surface area contributed by atoms with E-state index in [0.717, 1.165) is 10.3 Å². The molecule has 0 aliphatic rings. The van der Waals surface area contributed by atoms with Crippen LogP contribution in [0.25, 0.3) is 0 Å². The van der Waals surface area contributed by atoms with Crippen LogP contribution in [0.5, 0.6) is 0 Å². The number of furan rings is 1. The lowest BCUT2D eigenvalue weighted by Gasteiger charge is -2.09. The maximum Gasteiger partial charge on any atom is 0.330 e. The highest BCUT2D eigenvalue weighted by Crippen LogP contribution is 1.99. The molecule has 96 valence electrons. The van der Waals surface area contributed by atoms with Crippen molar-refractivity contribution in [2.75, 3.05) is 0 Å². The van der Waals surface area contributed by atoms with Crippen LogP contribution >= 0.6 is 0 Å². The Morgan fingerprint density at radius 1 is 1.22 bits per heavy atom. The third-order valence-electron chi connectivity index (χ3n) is 2.81. The van der Waals surface area contributed by atoms with Crippen molar-refractivity contribution in [3.63, 3.8) is 0 Å². The molecule has 0 fully saturated rings. The maximum atomic E-state index is 11.7. The van der Waals surface area contributed by atoms with Crippen LogP contribution in [-0.4, -0.2) is 9.13 Å². The van der Waals surface area contributed by atoms with Crippen LogP contribution in [0.15, 0.2) is 38.5 Å². The highest BCUT2D eigenvalue weighted by molar-refractivity contribution is 5.03. The fourth-order valence-electron chi connectivity index (χ4n) is 1.67. The summed E-state index contributed by atoms with van der Waals surface area (Å²) in [5.74, 6) is 0.809. The van der Waals surface area contributed by atoms with Gasteiger partial charge in [-0.2, -0.15) is 0 Å². The number of hydrogen-bond donors (Lipinski definition) is 1. The van der Waals surface area contributed by atoms with Crippen LogP contribution in [0.2, 0.25) is 0 Å². The minimum Gasteiger partial charge on any atom is -0.468 e. The van der Waals surface area contributed by atoms with Gasteiger partial charge in [-0.1, -0.05) is 0 Å². The molecule has 0 radical (unpaired) electrons. The van der Waals surface area contributed by atoms with Gasteiger partial charge in [-0.25, -0.2) is 4.79 Å². The molecule has 0 amide bonds. The van der Waals surface area contributed by atoms with E-state index in [9.17, 15) is 9.59 Å². The Morgan fingerprint density at radius 2 is 2.00 bits per heavy atom. The highest BCUT2D eigenvalue weighted by Gasteiger charge is 2.05. The van der Waals surface area contributed by atoms with Gasteiger partial charge in [0.1, 0.15) is 5.76 Å². The Hall–Kier alpha value is -2.08. The van der Waals surface area contributed by atoms with E-state index in [4.69, 9.17) is 4.42 Å². The summed E-state index contributed by atoms with van der Waals surface area (Å²) in [7, 11) is 3.11. The molecule has 6 nitrogen and oxygen atoms in total. The Labute approximate surface area is 103 Å². The minimum atomic E-state index is -0.322. The summed E-state index contributed by atoms with van der Waals surface area (Å²) in [5.41, 5.74) is 0.0276. The lowest BCUT2D eigenvalue weighted by atomic mass is 10.3. The third-order valence-corrected chi connectivity index (χ3v) is 2.81. The average Bonchev–Trinajstić information content (AvgIpc) is 2.86. The number of rotatable bonds is 4. The molecule has 2 heterocycles. The van der Waals surface area contributed by atoms with E-state index in [2.05, 4.69) is 5.32 Å². The molecule has 0 aromatic carbocycles. The van der Waals surface area contributed by atoms with Gasteiger partial charge in [-0.3, -0.25) is 13.9 Å². The predicted molar refractivity (Wildman–Crippen MR) is 66.2 cm³/mol. The lowest BCUT2D eigenvalue weighted by Crippen LogP contribution is -2.38. The molecule has 0 saturated heterocycles. The van der Waals surface area contributed by atoms with Gasteiger partial charge in [0.05, 0.1) is 12.8 Å². The standard InChI is InChI=1S/C12H15N3O3/c1-14-9(6-11(16)15(2)12(14)17)7-13-8-10-4-3-5-18-10/h3-6,13H,7-8H2,1-2H3.